The first-order valence-corrected chi connectivity index (χ1v) is 11.8. The number of anilines is 1. The van der Waals surface area contributed by atoms with Crippen LogP contribution < -0.4 is 9.64 Å². The molecule has 194 valence electrons. The number of ether oxygens (including phenoxy) is 1. The molecule has 3 aromatic carbocycles. The molecule has 4 rings (SSSR count). The summed E-state index contributed by atoms with van der Waals surface area (Å²) in [5, 5.41) is 10.6. The van der Waals surface area contributed by atoms with Gasteiger partial charge in [0.25, 0.3) is 0 Å². The highest BCUT2D eigenvalue weighted by Gasteiger charge is 2.20. The molecule has 1 N–H and O–H groups in total. The summed E-state index contributed by atoms with van der Waals surface area (Å²) in [5.41, 5.74) is 2.70. The first kappa shape index (κ1) is 29.6. The Morgan fingerprint density at radius 2 is 1.53 bits per heavy atom. The van der Waals surface area contributed by atoms with Crippen molar-refractivity contribution in [2.45, 2.75) is 18.9 Å². The number of rotatable bonds is 10. The van der Waals surface area contributed by atoms with E-state index in [1.165, 1.54) is 12.1 Å². The molecule has 5 nitrogen and oxygen atoms in total. The van der Waals surface area contributed by atoms with Crippen LogP contribution in [0.2, 0.25) is 0 Å². The van der Waals surface area contributed by atoms with Crippen molar-refractivity contribution in [3.05, 3.63) is 95.8 Å². The Balaban J connectivity index is 0.00000228. The summed E-state index contributed by atoms with van der Waals surface area (Å²) in [6.45, 7) is 3.88. The van der Waals surface area contributed by atoms with Gasteiger partial charge in [0.1, 0.15) is 24.3 Å². The zero-order chi connectivity index (χ0) is 23.8. The number of aliphatic hydroxyl groups is 1. The lowest BCUT2D eigenvalue weighted by molar-refractivity contribution is 0.0655. The van der Waals surface area contributed by atoms with E-state index >= 15 is 0 Å². The molecule has 1 aliphatic heterocycles. The minimum absolute atomic E-state index is 0. The maximum absolute atomic E-state index is 13.1. The number of aryl methyl sites for hydroxylation is 1. The number of para-hydroxylation sites is 1. The maximum atomic E-state index is 13.1. The second kappa shape index (κ2) is 14.8. The van der Waals surface area contributed by atoms with E-state index in [0.717, 1.165) is 37.4 Å². The quantitative estimate of drug-likeness (QED) is 0.369. The lowest BCUT2D eigenvalue weighted by Crippen LogP contribution is -2.49. The van der Waals surface area contributed by atoms with Crippen LogP contribution in [0.3, 0.4) is 0 Å². The van der Waals surface area contributed by atoms with Crippen molar-refractivity contribution in [1.82, 2.24) is 4.90 Å². The first-order chi connectivity index (χ1) is 16.6. The molecule has 1 heterocycles. The second-order valence-electron chi connectivity index (χ2n) is 8.63. The predicted octanol–water partition coefficient (Wildman–Crippen LogP) is 5.05. The highest BCUT2D eigenvalue weighted by atomic mass is 35.5. The molecule has 0 bridgehead atoms. The third-order valence-corrected chi connectivity index (χ3v) is 6.14. The highest BCUT2D eigenvalue weighted by molar-refractivity contribution is 5.98. The van der Waals surface area contributed by atoms with Gasteiger partial charge in [0.2, 0.25) is 0 Å². The van der Waals surface area contributed by atoms with Gasteiger partial charge in [-0.25, -0.2) is 4.39 Å². The van der Waals surface area contributed by atoms with Crippen LogP contribution in [0.25, 0.3) is 0 Å². The summed E-state index contributed by atoms with van der Waals surface area (Å²) in [6.07, 6.45) is 0.427. The summed E-state index contributed by atoms with van der Waals surface area (Å²) >= 11 is 0. The van der Waals surface area contributed by atoms with Crippen molar-refractivity contribution in [1.29, 1.82) is 0 Å². The van der Waals surface area contributed by atoms with Crippen LogP contribution in [-0.4, -0.2) is 61.2 Å². The van der Waals surface area contributed by atoms with Crippen molar-refractivity contribution < 1.29 is 19.0 Å². The van der Waals surface area contributed by atoms with Crippen molar-refractivity contribution in [3.8, 4) is 5.75 Å². The minimum atomic E-state index is -0.662. The lowest BCUT2D eigenvalue weighted by atomic mass is 10.0. The van der Waals surface area contributed by atoms with Crippen molar-refractivity contribution >= 4 is 36.3 Å². The Morgan fingerprint density at radius 3 is 2.22 bits per heavy atom. The van der Waals surface area contributed by atoms with Crippen molar-refractivity contribution in [3.63, 3.8) is 0 Å². The number of carbonyl (C=O) groups is 1. The molecule has 0 amide bonds. The van der Waals surface area contributed by atoms with Gasteiger partial charge in [0.15, 0.2) is 5.78 Å². The Labute approximate surface area is 224 Å². The third-order valence-electron chi connectivity index (χ3n) is 6.14. The molecule has 0 aliphatic carbocycles. The van der Waals surface area contributed by atoms with E-state index < -0.39 is 6.10 Å². The van der Waals surface area contributed by atoms with Gasteiger partial charge in [0, 0.05) is 44.8 Å². The van der Waals surface area contributed by atoms with Gasteiger partial charge in [0.05, 0.1) is 5.56 Å². The molecule has 8 heteroatoms. The first-order valence-electron chi connectivity index (χ1n) is 11.8. The fourth-order valence-corrected chi connectivity index (χ4v) is 4.24. The fraction of sp³-hybridized carbons (Fsp3) is 0.321. The number of β-amino-alcohol motifs (C(OH)–C–C–N with tert-alkyl or cyclic N) is 1. The van der Waals surface area contributed by atoms with Crippen molar-refractivity contribution in [2.24, 2.45) is 0 Å². The Hall–Kier alpha value is -2.64. The smallest absolute Gasteiger partial charge is 0.166 e. The number of halogens is 3. The topological polar surface area (TPSA) is 53.0 Å². The average molecular weight is 535 g/mol. The Bertz CT molecular complexity index is 1060. The molecule has 3 aromatic rings. The molecule has 1 fully saturated rings. The predicted molar refractivity (Wildman–Crippen MR) is 147 cm³/mol. The fourth-order valence-electron chi connectivity index (χ4n) is 4.24. The molecule has 0 radical (unpaired) electrons. The van der Waals surface area contributed by atoms with Crippen LogP contribution in [0.15, 0.2) is 78.9 Å². The van der Waals surface area contributed by atoms with Gasteiger partial charge in [-0.15, -0.1) is 24.8 Å². The monoisotopic (exact) mass is 534 g/mol. The van der Waals surface area contributed by atoms with Crippen LogP contribution >= 0.6 is 24.8 Å². The maximum Gasteiger partial charge on any atom is 0.166 e. The number of carbonyl (C=O) groups excluding carboxylic acids is 1. The van der Waals surface area contributed by atoms with E-state index in [0.29, 0.717) is 30.7 Å². The molecular formula is C28H33Cl2FN2O3. The molecule has 1 atom stereocenters. The van der Waals surface area contributed by atoms with Crippen LogP contribution in [0.5, 0.6) is 5.75 Å². The number of aliphatic hydroxyl groups excluding tert-OH is 1. The molecule has 1 aliphatic rings. The standard InChI is InChI=1S/C28H31FN2O3.2ClH/c29-23-11-13-24(14-12-23)31-18-16-30(17-19-31)20-25(32)21-34-28-9-5-4-8-26(28)27(33)15-10-22-6-2-1-3-7-22;;/h1-9,11-14,25,32H,10,15-21H2;2*1H. The van der Waals surface area contributed by atoms with Gasteiger partial charge in [-0.1, -0.05) is 42.5 Å². The number of benzene rings is 3. The van der Waals surface area contributed by atoms with Gasteiger partial charge < -0.3 is 14.7 Å². The molecule has 1 saturated heterocycles. The van der Waals surface area contributed by atoms with Gasteiger partial charge >= 0.3 is 0 Å². The number of Topliss-reactive ketones (excluding diaryl/α,β-unsaturated/α-hetero) is 1. The van der Waals surface area contributed by atoms with E-state index in [1.54, 1.807) is 24.3 Å². The Kier molecular flexibility index (Phi) is 12.2. The third kappa shape index (κ3) is 8.49. The van der Waals surface area contributed by atoms with E-state index in [2.05, 4.69) is 9.80 Å². The largest absolute Gasteiger partial charge is 0.490 e. The summed E-state index contributed by atoms with van der Waals surface area (Å²) < 4.78 is 19.0. The number of ketones is 1. The zero-order valence-electron chi connectivity index (χ0n) is 20.1. The zero-order valence-corrected chi connectivity index (χ0v) is 21.7. The van der Waals surface area contributed by atoms with E-state index in [9.17, 15) is 14.3 Å². The minimum Gasteiger partial charge on any atom is -0.490 e. The van der Waals surface area contributed by atoms with Crippen LogP contribution in [0.4, 0.5) is 10.1 Å². The average Bonchev–Trinajstić information content (AvgIpc) is 2.88. The van der Waals surface area contributed by atoms with Gasteiger partial charge in [-0.2, -0.15) is 0 Å². The number of nitrogens with zero attached hydrogens (tertiary/aromatic N) is 2. The highest BCUT2D eigenvalue weighted by Crippen LogP contribution is 2.21. The van der Waals surface area contributed by atoms with Crippen LogP contribution in [0.1, 0.15) is 22.3 Å². The SMILES string of the molecule is Cl.Cl.O=C(CCc1ccccc1)c1ccccc1OCC(O)CN1CCN(c2ccc(F)cc2)CC1. The van der Waals surface area contributed by atoms with Crippen LogP contribution in [-0.2, 0) is 6.42 Å². The molecule has 0 saturated carbocycles. The second-order valence-corrected chi connectivity index (χ2v) is 8.63. The molecule has 36 heavy (non-hydrogen) atoms. The molecular weight excluding hydrogens is 502 g/mol. The van der Waals surface area contributed by atoms with Crippen LogP contribution in [0, 0.1) is 5.82 Å². The Morgan fingerprint density at radius 1 is 0.889 bits per heavy atom. The number of hydrogen-bond donors (Lipinski definition) is 1. The molecule has 1 unspecified atom stereocenters. The number of piperazine rings is 1. The molecule has 0 aromatic heterocycles. The summed E-state index contributed by atoms with van der Waals surface area (Å²) in [7, 11) is 0. The normalized spacial score (nSPS) is 14.3. The van der Waals surface area contributed by atoms with E-state index in [-0.39, 0.29) is 43.0 Å². The summed E-state index contributed by atoms with van der Waals surface area (Å²) in [6, 6.07) is 23.7. The molecule has 0 spiro atoms. The van der Waals surface area contributed by atoms with Gasteiger partial charge in [-0.3, -0.25) is 9.69 Å². The summed E-state index contributed by atoms with van der Waals surface area (Å²) in [4.78, 5) is 17.2. The van der Waals surface area contributed by atoms with E-state index in [1.807, 2.05) is 42.5 Å². The summed E-state index contributed by atoms with van der Waals surface area (Å²) in [5.74, 6) is 0.316. The lowest BCUT2D eigenvalue weighted by Gasteiger charge is -2.36. The van der Waals surface area contributed by atoms with Gasteiger partial charge in [-0.05, 0) is 48.4 Å². The van der Waals surface area contributed by atoms with Crippen molar-refractivity contribution in [2.75, 3.05) is 44.2 Å². The number of hydrogen-bond acceptors (Lipinski definition) is 5. The van der Waals surface area contributed by atoms with E-state index in [4.69, 9.17) is 4.74 Å².